The van der Waals surface area contributed by atoms with Crippen molar-refractivity contribution >= 4 is 11.0 Å². The number of unbranched alkanes of at least 4 members (excludes halogenated alkanes) is 3. The van der Waals surface area contributed by atoms with E-state index >= 15 is 0 Å². The summed E-state index contributed by atoms with van der Waals surface area (Å²) in [6.45, 7) is 9.00. The van der Waals surface area contributed by atoms with Gasteiger partial charge in [0.25, 0.3) is 0 Å². The SMILES string of the molecule is CCCCCCC(C)N1CCC(n2c(=O)c(=O)n(CC)c3ccccc32)CC1. The molecule has 1 fully saturated rings. The molecule has 1 aliphatic rings. The van der Waals surface area contributed by atoms with Gasteiger partial charge in [-0.15, -0.1) is 0 Å². The zero-order valence-electron chi connectivity index (χ0n) is 17.7. The highest BCUT2D eigenvalue weighted by Gasteiger charge is 2.26. The van der Waals surface area contributed by atoms with E-state index in [1.807, 2.05) is 31.2 Å². The molecule has 0 amide bonds. The van der Waals surface area contributed by atoms with Crippen LogP contribution in [0.5, 0.6) is 0 Å². The van der Waals surface area contributed by atoms with Crippen molar-refractivity contribution in [3.63, 3.8) is 0 Å². The van der Waals surface area contributed by atoms with Gasteiger partial charge in [-0.05, 0) is 45.2 Å². The molecule has 5 heteroatoms. The second kappa shape index (κ2) is 9.55. The molecule has 1 aromatic heterocycles. The summed E-state index contributed by atoms with van der Waals surface area (Å²) in [5.74, 6) is 0. The van der Waals surface area contributed by atoms with E-state index in [0.717, 1.165) is 37.0 Å². The number of likely N-dealkylation sites (tertiary alicyclic amines) is 1. The average molecular weight is 386 g/mol. The highest BCUT2D eigenvalue weighted by Crippen LogP contribution is 2.26. The maximum atomic E-state index is 12.9. The summed E-state index contributed by atoms with van der Waals surface area (Å²) in [6.07, 6.45) is 8.34. The van der Waals surface area contributed by atoms with Crippen LogP contribution in [0.3, 0.4) is 0 Å². The third kappa shape index (κ3) is 4.24. The Kier molecular flexibility index (Phi) is 7.11. The fourth-order valence-corrected chi connectivity index (χ4v) is 4.64. The van der Waals surface area contributed by atoms with Crippen molar-refractivity contribution in [2.24, 2.45) is 0 Å². The molecule has 1 atom stereocenters. The quantitative estimate of drug-likeness (QED) is 0.506. The first kappa shape index (κ1) is 20.8. The van der Waals surface area contributed by atoms with E-state index < -0.39 is 5.56 Å². The van der Waals surface area contributed by atoms with Crippen LogP contribution in [0.4, 0.5) is 0 Å². The monoisotopic (exact) mass is 385 g/mol. The van der Waals surface area contributed by atoms with Gasteiger partial charge in [0.15, 0.2) is 0 Å². The van der Waals surface area contributed by atoms with E-state index in [4.69, 9.17) is 0 Å². The van der Waals surface area contributed by atoms with Crippen molar-refractivity contribution in [1.29, 1.82) is 0 Å². The Bertz CT molecular complexity index is 891. The Morgan fingerprint density at radius 3 is 2.29 bits per heavy atom. The number of hydrogen-bond donors (Lipinski definition) is 0. The highest BCUT2D eigenvalue weighted by molar-refractivity contribution is 5.75. The third-order valence-corrected chi connectivity index (χ3v) is 6.36. The standard InChI is InChI=1S/C23H35N3O2/c1-4-6-7-8-11-18(3)24-16-14-19(15-17-24)26-21-13-10-9-12-20(21)25(5-2)22(27)23(26)28/h9-10,12-13,18-19H,4-8,11,14-17H2,1-3H3. The minimum absolute atomic E-state index is 0.111. The van der Waals surface area contributed by atoms with Crippen LogP contribution in [0.15, 0.2) is 33.9 Å². The van der Waals surface area contributed by atoms with Crippen LogP contribution in [0.25, 0.3) is 11.0 Å². The molecule has 154 valence electrons. The number of rotatable bonds is 8. The Morgan fingerprint density at radius 2 is 1.64 bits per heavy atom. The normalized spacial score (nSPS) is 17.2. The topological polar surface area (TPSA) is 47.2 Å². The number of piperidine rings is 1. The van der Waals surface area contributed by atoms with E-state index in [1.54, 1.807) is 9.13 Å². The van der Waals surface area contributed by atoms with Crippen LogP contribution in [0.1, 0.15) is 71.8 Å². The summed E-state index contributed by atoms with van der Waals surface area (Å²) < 4.78 is 3.38. The van der Waals surface area contributed by atoms with Crippen LogP contribution >= 0.6 is 0 Å². The average Bonchev–Trinajstić information content (AvgIpc) is 2.72. The molecule has 0 aliphatic carbocycles. The Morgan fingerprint density at radius 1 is 0.964 bits per heavy atom. The first-order chi connectivity index (χ1) is 13.6. The maximum absolute atomic E-state index is 12.9. The van der Waals surface area contributed by atoms with Crippen molar-refractivity contribution in [1.82, 2.24) is 14.0 Å². The molecule has 2 aromatic rings. The van der Waals surface area contributed by atoms with E-state index in [-0.39, 0.29) is 11.6 Å². The minimum Gasteiger partial charge on any atom is -0.302 e. The van der Waals surface area contributed by atoms with Gasteiger partial charge in [0, 0.05) is 31.7 Å². The summed E-state index contributed by atoms with van der Waals surface area (Å²) >= 11 is 0. The number of para-hydroxylation sites is 2. The molecule has 0 bridgehead atoms. The molecule has 0 radical (unpaired) electrons. The van der Waals surface area contributed by atoms with Gasteiger partial charge in [-0.3, -0.25) is 14.2 Å². The Hall–Kier alpha value is -1.88. The fraction of sp³-hybridized carbons (Fsp3) is 0.652. The lowest BCUT2D eigenvalue weighted by Crippen LogP contribution is -2.46. The second-order valence-electron chi connectivity index (χ2n) is 8.18. The largest absolute Gasteiger partial charge is 0.317 e. The van der Waals surface area contributed by atoms with Gasteiger partial charge in [-0.1, -0.05) is 44.7 Å². The predicted octanol–water partition coefficient (Wildman–Crippen LogP) is 4.18. The minimum atomic E-state index is -0.395. The van der Waals surface area contributed by atoms with Gasteiger partial charge < -0.3 is 9.47 Å². The number of aryl methyl sites for hydroxylation is 1. The molecule has 1 saturated heterocycles. The second-order valence-corrected chi connectivity index (χ2v) is 8.18. The van der Waals surface area contributed by atoms with Crippen LogP contribution in [0.2, 0.25) is 0 Å². The lowest BCUT2D eigenvalue weighted by Gasteiger charge is -2.37. The molecule has 5 nitrogen and oxygen atoms in total. The van der Waals surface area contributed by atoms with Crippen molar-refractivity contribution in [3.05, 3.63) is 45.0 Å². The zero-order chi connectivity index (χ0) is 20.1. The van der Waals surface area contributed by atoms with Gasteiger partial charge in [-0.25, -0.2) is 0 Å². The summed E-state index contributed by atoms with van der Waals surface area (Å²) in [5, 5.41) is 0. The summed E-state index contributed by atoms with van der Waals surface area (Å²) in [5.41, 5.74) is 0.987. The van der Waals surface area contributed by atoms with E-state index in [0.29, 0.717) is 12.6 Å². The first-order valence-electron chi connectivity index (χ1n) is 11.1. The molecule has 3 rings (SSSR count). The number of fused-ring (bicyclic) bond motifs is 1. The molecular weight excluding hydrogens is 350 g/mol. The Balaban J connectivity index is 1.76. The van der Waals surface area contributed by atoms with E-state index in [9.17, 15) is 9.59 Å². The molecule has 1 unspecified atom stereocenters. The molecule has 0 spiro atoms. The Labute approximate surface area is 168 Å². The van der Waals surface area contributed by atoms with Crippen LogP contribution < -0.4 is 11.1 Å². The number of hydrogen-bond acceptors (Lipinski definition) is 3. The smallest absolute Gasteiger partial charge is 0.302 e. The van der Waals surface area contributed by atoms with Gasteiger partial charge in [-0.2, -0.15) is 0 Å². The van der Waals surface area contributed by atoms with Crippen molar-refractivity contribution in [3.8, 4) is 0 Å². The van der Waals surface area contributed by atoms with Gasteiger partial charge >= 0.3 is 11.1 Å². The third-order valence-electron chi connectivity index (χ3n) is 6.36. The lowest BCUT2D eigenvalue weighted by atomic mass is 10.00. The van der Waals surface area contributed by atoms with Gasteiger partial charge in [0.2, 0.25) is 0 Å². The lowest BCUT2D eigenvalue weighted by molar-refractivity contribution is 0.136. The van der Waals surface area contributed by atoms with Gasteiger partial charge in [0.05, 0.1) is 11.0 Å². The maximum Gasteiger partial charge on any atom is 0.317 e. The van der Waals surface area contributed by atoms with Crippen LogP contribution in [0, 0.1) is 0 Å². The van der Waals surface area contributed by atoms with Crippen LogP contribution in [-0.2, 0) is 6.54 Å². The molecule has 0 saturated carbocycles. The first-order valence-corrected chi connectivity index (χ1v) is 11.1. The van der Waals surface area contributed by atoms with Gasteiger partial charge in [0.1, 0.15) is 0 Å². The number of benzene rings is 1. The van der Waals surface area contributed by atoms with E-state index in [1.165, 1.54) is 32.1 Å². The zero-order valence-corrected chi connectivity index (χ0v) is 17.7. The molecule has 2 heterocycles. The molecule has 0 N–H and O–H groups in total. The molecule has 1 aromatic carbocycles. The fourth-order valence-electron chi connectivity index (χ4n) is 4.64. The highest BCUT2D eigenvalue weighted by atomic mass is 16.2. The summed E-state index contributed by atoms with van der Waals surface area (Å²) in [6, 6.07) is 8.52. The van der Waals surface area contributed by atoms with E-state index in [2.05, 4.69) is 18.7 Å². The van der Waals surface area contributed by atoms with Crippen molar-refractivity contribution in [2.45, 2.75) is 84.3 Å². The molecular formula is C23H35N3O2. The van der Waals surface area contributed by atoms with Crippen molar-refractivity contribution < 1.29 is 0 Å². The summed E-state index contributed by atoms with van der Waals surface area (Å²) in [7, 11) is 0. The van der Waals surface area contributed by atoms with Crippen LogP contribution in [-0.4, -0.2) is 33.2 Å². The summed E-state index contributed by atoms with van der Waals surface area (Å²) in [4.78, 5) is 28.1. The predicted molar refractivity (Wildman–Crippen MR) is 116 cm³/mol. The molecule has 1 aliphatic heterocycles. The van der Waals surface area contributed by atoms with Crippen molar-refractivity contribution in [2.75, 3.05) is 13.1 Å². The molecule has 28 heavy (non-hydrogen) atoms. The number of nitrogens with zero attached hydrogens (tertiary/aromatic N) is 3. The number of aromatic nitrogens is 2.